The van der Waals surface area contributed by atoms with Crippen LogP contribution in [0, 0.1) is 18.6 Å². The molecule has 0 spiro atoms. The number of nitrogens with zero attached hydrogens (tertiary/aromatic N) is 5. The summed E-state index contributed by atoms with van der Waals surface area (Å²) in [5.41, 5.74) is 1.26. The summed E-state index contributed by atoms with van der Waals surface area (Å²) in [5.74, 6) is -1.26. The molecule has 6 nitrogen and oxygen atoms in total. The molecule has 0 aliphatic carbocycles. The standard InChI is InChI=1S/C14H14F2N6/c1-8-6-9-12(11(16)10(8)15)19-13(14-20-18-7-22(9)14)21-4-2-17-3-5-21/h6-7,17H,2-5H2,1H3. The summed E-state index contributed by atoms with van der Waals surface area (Å²) in [6.45, 7) is 4.61. The molecule has 1 fully saturated rings. The van der Waals surface area contributed by atoms with Crippen molar-refractivity contribution < 1.29 is 8.78 Å². The number of hydrogen-bond acceptors (Lipinski definition) is 5. The second-order valence-electron chi connectivity index (χ2n) is 5.39. The predicted octanol–water partition coefficient (Wildman–Crippen LogP) is 1.27. The fraction of sp³-hybridized carbons (Fsp3) is 0.357. The molecule has 1 saturated heterocycles. The van der Waals surface area contributed by atoms with Crippen molar-refractivity contribution >= 4 is 22.5 Å². The zero-order valence-corrected chi connectivity index (χ0v) is 12.0. The van der Waals surface area contributed by atoms with E-state index in [-0.39, 0.29) is 11.1 Å². The zero-order chi connectivity index (χ0) is 15.3. The molecular weight excluding hydrogens is 290 g/mol. The first-order chi connectivity index (χ1) is 10.7. The topological polar surface area (TPSA) is 58.4 Å². The third kappa shape index (κ3) is 1.83. The summed E-state index contributed by atoms with van der Waals surface area (Å²) in [6.07, 6.45) is 1.50. The lowest BCUT2D eigenvalue weighted by Crippen LogP contribution is -2.44. The number of rotatable bonds is 1. The van der Waals surface area contributed by atoms with E-state index in [1.165, 1.54) is 13.3 Å². The lowest BCUT2D eigenvalue weighted by molar-refractivity contribution is 0.509. The van der Waals surface area contributed by atoms with Gasteiger partial charge in [0.05, 0.1) is 5.52 Å². The Morgan fingerprint density at radius 3 is 2.73 bits per heavy atom. The van der Waals surface area contributed by atoms with Crippen LogP contribution in [0.25, 0.3) is 16.7 Å². The van der Waals surface area contributed by atoms with Crippen molar-refractivity contribution in [1.29, 1.82) is 0 Å². The molecule has 1 aliphatic heterocycles. The molecule has 0 amide bonds. The maximum absolute atomic E-state index is 14.3. The molecule has 0 atom stereocenters. The van der Waals surface area contributed by atoms with Gasteiger partial charge in [0, 0.05) is 26.2 Å². The summed E-state index contributed by atoms with van der Waals surface area (Å²) in [6, 6.07) is 1.57. The monoisotopic (exact) mass is 304 g/mol. The summed E-state index contributed by atoms with van der Waals surface area (Å²) in [7, 11) is 0. The highest BCUT2D eigenvalue weighted by molar-refractivity contribution is 5.84. The number of aromatic nitrogens is 4. The van der Waals surface area contributed by atoms with E-state index in [4.69, 9.17) is 0 Å². The molecule has 22 heavy (non-hydrogen) atoms. The smallest absolute Gasteiger partial charge is 0.204 e. The van der Waals surface area contributed by atoms with Crippen LogP contribution in [0.4, 0.5) is 14.6 Å². The number of nitrogens with one attached hydrogen (secondary N) is 1. The van der Waals surface area contributed by atoms with Gasteiger partial charge in [0.1, 0.15) is 11.8 Å². The Hall–Kier alpha value is -2.35. The van der Waals surface area contributed by atoms with Crippen LogP contribution in [0.3, 0.4) is 0 Å². The minimum atomic E-state index is -0.929. The lowest BCUT2D eigenvalue weighted by atomic mass is 10.2. The molecule has 3 heterocycles. The van der Waals surface area contributed by atoms with Gasteiger partial charge in [0.15, 0.2) is 17.5 Å². The molecule has 0 unspecified atom stereocenters. The number of aryl methyl sites for hydroxylation is 1. The predicted molar refractivity (Wildman–Crippen MR) is 78.0 cm³/mol. The maximum atomic E-state index is 14.3. The first-order valence-corrected chi connectivity index (χ1v) is 7.10. The molecule has 2 aromatic heterocycles. The van der Waals surface area contributed by atoms with Crippen LogP contribution in [0.5, 0.6) is 0 Å². The zero-order valence-electron chi connectivity index (χ0n) is 12.0. The van der Waals surface area contributed by atoms with Gasteiger partial charge >= 0.3 is 0 Å². The Balaban J connectivity index is 2.05. The molecule has 1 aliphatic rings. The van der Waals surface area contributed by atoms with Crippen molar-refractivity contribution in [2.45, 2.75) is 6.92 Å². The van der Waals surface area contributed by atoms with Gasteiger partial charge in [-0.2, -0.15) is 0 Å². The van der Waals surface area contributed by atoms with Gasteiger partial charge in [-0.3, -0.25) is 4.40 Å². The van der Waals surface area contributed by atoms with Crippen molar-refractivity contribution in [3.8, 4) is 0 Å². The Labute approximate surface area is 124 Å². The van der Waals surface area contributed by atoms with E-state index in [2.05, 4.69) is 20.5 Å². The van der Waals surface area contributed by atoms with Crippen LogP contribution in [-0.4, -0.2) is 45.8 Å². The highest BCUT2D eigenvalue weighted by Crippen LogP contribution is 2.27. The lowest BCUT2D eigenvalue weighted by Gasteiger charge is -2.28. The normalized spacial score (nSPS) is 15.9. The maximum Gasteiger partial charge on any atom is 0.204 e. The first-order valence-electron chi connectivity index (χ1n) is 7.10. The summed E-state index contributed by atoms with van der Waals surface area (Å²) in [4.78, 5) is 6.37. The number of halogens is 2. The van der Waals surface area contributed by atoms with Gasteiger partial charge in [0.25, 0.3) is 0 Å². The Morgan fingerprint density at radius 2 is 1.95 bits per heavy atom. The second-order valence-corrected chi connectivity index (χ2v) is 5.39. The van der Waals surface area contributed by atoms with E-state index >= 15 is 0 Å². The van der Waals surface area contributed by atoms with Crippen LogP contribution < -0.4 is 10.2 Å². The minimum Gasteiger partial charge on any atom is -0.351 e. The Kier molecular flexibility index (Phi) is 2.93. The first kappa shape index (κ1) is 13.3. The van der Waals surface area contributed by atoms with Crippen molar-refractivity contribution in [2.75, 3.05) is 31.1 Å². The van der Waals surface area contributed by atoms with Gasteiger partial charge in [-0.15, -0.1) is 10.2 Å². The van der Waals surface area contributed by atoms with E-state index in [0.717, 1.165) is 26.2 Å². The molecule has 114 valence electrons. The van der Waals surface area contributed by atoms with Crippen LogP contribution in [0.1, 0.15) is 5.56 Å². The molecule has 0 saturated carbocycles. The SMILES string of the molecule is Cc1cc2c(nc(N3CCNCC3)c3nncn32)c(F)c1F. The van der Waals surface area contributed by atoms with E-state index in [1.807, 2.05) is 4.90 Å². The minimum absolute atomic E-state index is 0.00364. The van der Waals surface area contributed by atoms with Crippen LogP contribution >= 0.6 is 0 Å². The number of piperazine rings is 1. The van der Waals surface area contributed by atoms with Crippen LogP contribution in [0.15, 0.2) is 12.4 Å². The Morgan fingerprint density at radius 1 is 1.18 bits per heavy atom. The quantitative estimate of drug-likeness (QED) is 0.734. The number of fused-ring (bicyclic) bond motifs is 3. The average Bonchev–Trinajstić information content (AvgIpc) is 3.03. The molecular formula is C14H14F2N6. The molecule has 4 rings (SSSR count). The van der Waals surface area contributed by atoms with Gasteiger partial charge in [-0.1, -0.05) is 0 Å². The third-order valence-corrected chi connectivity index (χ3v) is 3.98. The van der Waals surface area contributed by atoms with Crippen LogP contribution in [0.2, 0.25) is 0 Å². The second kappa shape index (κ2) is 4.84. The van der Waals surface area contributed by atoms with Crippen molar-refractivity contribution in [1.82, 2.24) is 24.9 Å². The molecule has 0 bridgehead atoms. The summed E-state index contributed by atoms with van der Waals surface area (Å²) in [5, 5.41) is 11.2. The van der Waals surface area contributed by atoms with E-state index in [1.54, 1.807) is 10.5 Å². The van der Waals surface area contributed by atoms with Gasteiger partial charge in [-0.25, -0.2) is 13.8 Å². The fourth-order valence-corrected chi connectivity index (χ4v) is 2.82. The number of anilines is 1. The third-order valence-electron chi connectivity index (χ3n) is 3.98. The molecule has 1 N–H and O–H groups in total. The van der Waals surface area contributed by atoms with E-state index in [0.29, 0.717) is 17.0 Å². The summed E-state index contributed by atoms with van der Waals surface area (Å²) < 4.78 is 29.9. The highest BCUT2D eigenvalue weighted by atomic mass is 19.2. The highest BCUT2D eigenvalue weighted by Gasteiger charge is 2.21. The average molecular weight is 304 g/mol. The molecule has 0 radical (unpaired) electrons. The van der Waals surface area contributed by atoms with E-state index < -0.39 is 11.6 Å². The molecule has 8 heteroatoms. The fourth-order valence-electron chi connectivity index (χ4n) is 2.82. The summed E-state index contributed by atoms with van der Waals surface area (Å²) >= 11 is 0. The Bertz CT molecular complexity index is 869. The van der Waals surface area contributed by atoms with Crippen molar-refractivity contribution in [3.05, 3.63) is 29.6 Å². The van der Waals surface area contributed by atoms with Gasteiger partial charge in [-0.05, 0) is 18.6 Å². The van der Waals surface area contributed by atoms with Crippen molar-refractivity contribution in [2.24, 2.45) is 0 Å². The van der Waals surface area contributed by atoms with Crippen LogP contribution in [-0.2, 0) is 0 Å². The molecule has 3 aromatic rings. The number of benzene rings is 1. The van der Waals surface area contributed by atoms with E-state index in [9.17, 15) is 8.78 Å². The van der Waals surface area contributed by atoms with Gasteiger partial charge in [0.2, 0.25) is 5.65 Å². The largest absolute Gasteiger partial charge is 0.351 e. The molecule has 1 aromatic carbocycles. The number of hydrogen-bond donors (Lipinski definition) is 1. The van der Waals surface area contributed by atoms with Gasteiger partial charge < -0.3 is 10.2 Å². The van der Waals surface area contributed by atoms with Crippen molar-refractivity contribution in [3.63, 3.8) is 0 Å².